The van der Waals surface area contributed by atoms with E-state index >= 15 is 0 Å². The molecule has 3 nitrogen and oxygen atoms in total. The summed E-state index contributed by atoms with van der Waals surface area (Å²) in [6, 6.07) is 1.84. The molecule has 0 N–H and O–H groups in total. The summed E-state index contributed by atoms with van der Waals surface area (Å²) in [6.07, 6.45) is 4.05. The third kappa shape index (κ3) is 1.12. The molecule has 2 aromatic rings. The van der Waals surface area contributed by atoms with Gasteiger partial charge in [-0.15, -0.1) is 0 Å². The van der Waals surface area contributed by atoms with Gasteiger partial charge in [-0.2, -0.15) is 0 Å². The molecule has 0 aromatic carbocycles. The maximum Gasteiger partial charge on any atom is 0.153 e. The molecule has 2 rings (SSSR count). The number of nitrogens with zero attached hydrogens (tertiary/aromatic N) is 2. The molecular formula is C9H7ClN2O. The first kappa shape index (κ1) is 8.26. The lowest BCUT2D eigenvalue weighted by atomic mass is 10.2. The highest BCUT2D eigenvalue weighted by Gasteiger charge is 2.07. The van der Waals surface area contributed by atoms with Crippen LogP contribution in [0.1, 0.15) is 10.4 Å². The SMILES string of the molecule is Cn1ccc2c(Cl)c(C=O)cnc21. The van der Waals surface area contributed by atoms with E-state index in [4.69, 9.17) is 11.6 Å². The van der Waals surface area contributed by atoms with E-state index < -0.39 is 0 Å². The zero-order valence-electron chi connectivity index (χ0n) is 6.99. The van der Waals surface area contributed by atoms with E-state index in [9.17, 15) is 4.79 Å². The van der Waals surface area contributed by atoms with Crippen molar-refractivity contribution in [1.82, 2.24) is 9.55 Å². The largest absolute Gasteiger partial charge is 0.336 e. The van der Waals surface area contributed by atoms with Crippen molar-refractivity contribution in [2.45, 2.75) is 0 Å². The summed E-state index contributed by atoms with van der Waals surface area (Å²) in [5.74, 6) is 0. The Kier molecular flexibility index (Phi) is 1.81. The summed E-state index contributed by atoms with van der Waals surface area (Å²) in [6.45, 7) is 0. The number of halogens is 1. The van der Waals surface area contributed by atoms with E-state index in [0.717, 1.165) is 11.0 Å². The molecule has 4 heteroatoms. The van der Waals surface area contributed by atoms with Crippen LogP contribution in [0.2, 0.25) is 5.02 Å². The molecule has 0 aliphatic carbocycles. The van der Waals surface area contributed by atoms with Gasteiger partial charge in [0, 0.05) is 24.8 Å². The standard InChI is InChI=1S/C9H7ClN2O/c1-12-3-2-7-8(10)6(5-13)4-11-9(7)12/h2-5H,1H3. The van der Waals surface area contributed by atoms with Gasteiger partial charge in [-0.3, -0.25) is 4.79 Å². The predicted octanol–water partition coefficient (Wildman–Crippen LogP) is 2.04. The van der Waals surface area contributed by atoms with Crippen LogP contribution in [-0.2, 0) is 7.05 Å². The number of hydrogen-bond donors (Lipinski definition) is 0. The summed E-state index contributed by atoms with van der Waals surface area (Å²) >= 11 is 5.97. The molecule has 0 unspecified atom stereocenters. The highest BCUT2D eigenvalue weighted by atomic mass is 35.5. The lowest BCUT2D eigenvalue weighted by Gasteiger charge is -1.98. The topological polar surface area (TPSA) is 34.9 Å². The highest BCUT2D eigenvalue weighted by Crippen LogP contribution is 2.24. The number of fused-ring (bicyclic) bond motifs is 1. The van der Waals surface area contributed by atoms with E-state index in [1.807, 2.05) is 23.9 Å². The van der Waals surface area contributed by atoms with Crippen molar-refractivity contribution in [3.63, 3.8) is 0 Å². The number of aryl methyl sites for hydroxylation is 1. The van der Waals surface area contributed by atoms with Gasteiger partial charge in [0.1, 0.15) is 5.65 Å². The molecule has 2 heterocycles. The minimum atomic E-state index is 0.431. The van der Waals surface area contributed by atoms with Crippen molar-refractivity contribution in [3.8, 4) is 0 Å². The Balaban J connectivity index is 2.87. The maximum atomic E-state index is 10.5. The van der Waals surface area contributed by atoms with Gasteiger partial charge in [0.05, 0.1) is 10.6 Å². The third-order valence-corrected chi connectivity index (χ3v) is 2.40. The number of rotatable bonds is 1. The van der Waals surface area contributed by atoms with Crippen LogP contribution >= 0.6 is 11.6 Å². The molecule has 0 aliphatic rings. The molecule has 0 radical (unpaired) electrons. The zero-order valence-corrected chi connectivity index (χ0v) is 7.75. The molecule has 0 aliphatic heterocycles. The van der Waals surface area contributed by atoms with Gasteiger partial charge in [-0.05, 0) is 6.07 Å². The molecule has 66 valence electrons. The van der Waals surface area contributed by atoms with Crippen LogP contribution in [0.3, 0.4) is 0 Å². The predicted molar refractivity (Wildman–Crippen MR) is 51.1 cm³/mol. The van der Waals surface area contributed by atoms with Gasteiger partial charge in [0.25, 0.3) is 0 Å². The van der Waals surface area contributed by atoms with Crippen molar-refractivity contribution >= 4 is 28.9 Å². The molecule has 0 bridgehead atoms. The van der Waals surface area contributed by atoms with E-state index in [1.54, 1.807) is 0 Å². The number of carbonyl (C=O) groups excluding carboxylic acids is 1. The summed E-state index contributed by atoms with van der Waals surface area (Å²) < 4.78 is 1.86. The minimum Gasteiger partial charge on any atom is -0.336 e. The molecule has 0 saturated heterocycles. The maximum absolute atomic E-state index is 10.5. The monoisotopic (exact) mass is 194 g/mol. The molecule has 0 atom stereocenters. The van der Waals surface area contributed by atoms with Crippen LogP contribution < -0.4 is 0 Å². The Bertz CT molecular complexity index is 476. The third-order valence-electron chi connectivity index (χ3n) is 1.98. The fourth-order valence-corrected chi connectivity index (χ4v) is 1.52. The van der Waals surface area contributed by atoms with Gasteiger partial charge in [-0.1, -0.05) is 11.6 Å². The van der Waals surface area contributed by atoms with Crippen LogP contribution in [0.4, 0.5) is 0 Å². The fraction of sp³-hybridized carbons (Fsp3) is 0.111. The second kappa shape index (κ2) is 2.85. The van der Waals surface area contributed by atoms with Gasteiger partial charge >= 0.3 is 0 Å². The van der Waals surface area contributed by atoms with Crippen molar-refractivity contribution in [2.75, 3.05) is 0 Å². The summed E-state index contributed by atoms with van der Waals surface area (Å²) in [7, 11) is 1.88. The van der Waals surface area contributed by atoms with Crippen molar-refractivity contribution < 1.29 is 4.79 Å². The second-order valence-corrected chi connectivity index (χ2v) is 3.19. The molecule has 0 spiro atoms. The summed E-state index contributed by atoms with van der Waals surface area (Å²) in [5.41, 5.74) is 1.22. The number of aromatic nitrogens is 2. The molecular weight excluding hydrogens is 188 g/mol. The Hall–Kier alpha value is -1.35. The lowest BCUT2D eigenvalue weighted by molar-refractivity contribution is 0.112. The van der Waals surface area contributed by atoms with Crippen LogP contribution in [0.5, 0.6) is 0 Å². The van der Waals surface area contributed by atoms with E-state index in [0.29, 0.717) is 16.9 Å². The Morgan fingerprint density at radius 1 is 1.62 bits per heavy atom. The van der Waals surface area contributed by atoms with Crippen LogP contribution in [-0.4, -0.2) is 15.8 Å². The van der Waals surface area contributed by atoms with Gasteiger partial charge in [0.15, 0.2) is 6.29 Å². The minimum absolute atomic E-state index is 0.431. The fourth-order valence-electron chi connectivity index (χ4n) is 1.28. The van der Waals surface area contributed by atoms with E-state index in [-0.39, 0.29) is 0 Å². The van der Waals surface area contributed by atoms with E-state index in [2.05, 4.69) is 4.98 Å². The second-order valence-electron chi connectivity index (χ2n) is 2.81. The van der Waals surface area contributed by atoms with Crippen molar-refractivity contribution in [1.29, 1.82) is 0 Å². The van der Waals surface area contributed by atoms with Gasteiger partial charge in [0.2, 0.25) is 0 Å². The zero-order chi connectivity index (χ0) is 9.42. The lowest BCUT2D eigenvalue weighted by Crippen LogP contribution is -1.90. The van der Waals surface area contributed by atoms with Crippen LogP contribution in [0.25, 0.3) is 11.0 Å². The molecule has 0 fully saturated rings. The average Bonchev–Trinajstić information content (AvgIpc) is 2.50. The molecule has 0 saturated carbocycles. The number of hydrogen-bond acceptors (Lipinski definition) is 2. The van der Waals surface area contributed by atoms with Crippen molar-refractivity contribution in [2.24, 2.45) is 7.05 Å². The smallest absolute Gasteiger partial charge is 0.153 e. The first-order valence-corrected chi connectivity index (χ1v) is 4.16. The number of pyridine rings is 1. The molecule has 0 amide bonds. The van der Waals surface area contributed by atoms with Gasteiger partial charge < -0.3 is 4.57 Å². The first-order valence-electron chi connectivity index (χ1n) is 3.78. The summed E-state index contributed by atoms with van der Waals surface area (Å²) in [4.78, 5) is 14.7. The quantitative estimate of drug-likeness (QED) is 0.652. The normalized spacial score (nSPS) is 10.6. The first-order chi connectivity index (χ1) is 6.24. The van der Waals surface area contributed by atoms with E-state index in [1.165, 1.54) is 6.20 Å². The Labute approximate surface area is 79.9 Å². The highest BCUT2D eigenvalue weighted by molar-refractivity contribution is 6.37. The number of aldehydes is 1. The Morgan fingerprint density at radius 3 is 3.08 bits per heavy atom. The Morgan fingerprint density at radius 2 is 2.38 bits per heavy atom. The molecule has 13 heavy (non-hydrogen) atoms. The average molecular weight is 195 g/mol. The summed E-state index contributed by atoms with van der Waals surface area (Å²) in [5, 5.41) is 1.29. The van der Waals surface area contributed by atoms with Crippen LogP contribution in [0.15, 0.2) is 18.5 Å². The number of carbonyl (C=O) groups is 1. The van der Waals surface area contributed by atoms with Crippen LogP contribution in [0, 0.1) is 0 Å². The molecule has 2 aromatic heterocycles. The van der Waals surface area contributed by atoms with Gasteiger partial charge in [-0.25, -0.2) is 4.98 Å². The van der Waals surface area contributed by atoms with Crippen molar-refractivity contribution in [3.05, 3.63) is 29.0 Å².